The number of fused-ring (bicyclic) bond motifs is 3. The second-order valence-electron chi connectivity index (χ2n) is 7.55. The Morgan fingerprint density at radius 3 is 2.29 bits per heavy atom. The van der Waals surface area contributed by atoms with Crippen LogP contribution in [0.5, 0.6) is 0 Å². The van der Waals surface area contributed by atoms with Crippen molar-refractivity contribution in [1.29, 1.82) is 0 Å². The lowest BCUT2D eigenvalue weighted by Crippen LogP contribution is -2.19. The highest BCUT2D eigenvalue weighted by Crippen LogP contribution is 2.40. The SMILES string of the molecule is Cc1ccc(NC(=O)c2c(NC(=O)c3c(C(=O)O)c4ccc3o4)sc3c2CCC3)cc1. The second kappa shape index (κ2) is 7.24. The number of aromatic carboxylic acids is 1. The molecule has 7 nitrogen and oxygen atoms in total. The van der Waals surface area contributed by atoms with Gasteiger partial charge >= 0.3 is 5.97 Å². The number of carboxylic acids is 1. The van der Waals surface area contributed by atoms with Crippen LogP contribution in [0.25, 0.3) is 11.2 Å². The minimum Gasteiger partial charge on any atom is -0.478 e. The summed E-state index contributed by atoms with van der Waals surface area (Å²) in [5, 5.41) is 15.6. The fourth-order valence-corrected chi connectivity index (χ4v) is 5.30. The maximum atomic E-state index is 13.1. The van der Waals surface area contributed by atoms with E-state index in [-0.39, 0.29) is 28.2 Å². The summed E-state index contributed by atoms with van der Waals surface area (Å²) in [6.45, 7) is 1.97. The van der Waals surface area contributed by atoms with E-state index in [9.17, 15) is 19.5 Å². The largest absolute Gasteiger partial charge is 0.478 e. The maximum Gasteiger partial charge on any atom is 0.340 e. The number of carbonyl (C=O) groups is 3. The number of carboxylic acid groups (broad SMARTS) is 1. The molecule has 8 heteroatoms. The van der Waals surface area contributed by atoms with Gasteiger partial charge in [-0.25, -0.2) is 4.79 Å². The molecule has 1 aliphatic carbocycles. The van der Waals surface area contributed by atoms with Gasteiger partial charge in [0.15, 0.2) is 0 Å². The van der Waals surface area contributed by atoms with Crippen molar-refractivity contribution in [3.8, 4) is 0 Å². The van der Waals surface area contributed by atoms with Crippen molar-refractivity contribution in [2.45, 2.75) is 26.2 Å². The molecule has 2 amide bonds. The van der Waals surface area contributed by atoms with Crippen molar-refractivity contribution in [3.05, 3.63) is 69.1 Å². The monoisotopic (exact) mass is 434 g/mol. The first-order chi connectivity index (χ1) is 14.9. The minimum absolute atomic E-state index is 0.0246. The van der Waals surface area contributed by atoms with E-state index < -0.39 is 11.9 Å². The molecule has 3 aromatic heterocycles. The third-order valence-corrected chi connectivity index (χ3v) is 6.68. The van der Waals surface area contributed by atoms with Crippen molar-refractivity contribution >= 4 is 51.0 Å². The Kier molecular flexibility index (Phi) is 4.51. The van der Waals surface area contributed by atoms with Crippen molar-refractivity contribution in [2.24, 2.45) is 0 Å². The standard InChI is InChI=1S/C23H18N2O5S/c1-11-5-7-12(8-6-11)24-20(26)17-13-3-2-4-16(13)31-22(17)25-21(27)18-14-9-10-15(30-14)19(18)23(28)29/h5-10H,2-4H2,1H3,(H,24,26)(H,25,27)(H,28,29). The quantitative estimate of drug-likeness (QED) is 0.413. The third-order valence-electron chi connectivity index (χ3n) is 5.47. The molecule has 0 aliphatic heterocycles. The molecule has 0 unspecified atom stereocenters. The second-order valence-corrected chi connectivity index (χ2v) is 8.66. The van der Waals surface area contributed by atoms with E-state index in [1.807, 2.05) is 31.2 Å². The smallest absolute Gasteiger partial charge is 0.340 e. The van der Waals surface area contributed by atoms with E-state index in [0.717, 1.165) is 35.3 Å². The zero-order valence-corrected chi connectivity index (χ0v) is 17.4. The van der Waals surface area contributed by atoms with Gasteiger partial charge in [0.05, 0.1) is 5.56 Å². The molecular weight excluding hydrogens is 416 g/mol. The molecule has 0 fully saturated rings. The Hall–Kier alpha value is -3.65. The first-order valence-corrected chi connectivity index (χ1v) is 10.7. The molecule has 0 atom stereocenters. The maximum absolute atomic E-state index is 13.1. The van der Waals surface area contributed by atoms with Gasteiger partial charge in [-0.1, -0.05) is 17.7 Å². The fraction of sp³-hybridized carbons (Fsp3) is 0.174. The molecule has 3 heterocycles. The Labute approximate surface area is 181 Å². The number of anilines is 2. The summed E-state index contributed by atoms with van der Waals surface area (Å²) in [7, 11) is 0. The normalized spacial score (nSPS) is 12.8. The number of hydrogen-bond acceptors (Lipinski definition) is 5. The number of nitrogens with one attached hydrogen (secondary N) is 2. The highest BCUT2D eigenvalue weighted by molar-refractivity contribution is 7.17. The number of thiophene rings is 1. The zero-order chi connectivity index (χ0) is 21.7. The number of aryl methyl sites for hydroxylation is 2. The van der Waals surface area contributed by atoms with E-state index in [2.05, 4.69) is 10.6 Å². The van der Waals surface area contributed by atoms with Crippen LogP contribution in [0.4, 0.5) is 10.7 Å². The zero-order valence-electron chi connectivity index (χ0n) is 16.6. The van der Waals surface area contributed by atoms with Gasteiger partial charge in [0.2, 0.25) is 0 Å². The van der Waals surface area contributed by atoms with E-state index in [1.165, 1.54) is 17.4 Å². The van der Waals surface area contributed by atoms with Gasteiger partial charge < -0.3 is 20.2 Å². The molecule has 1 aliphatic rings. The highest BCUT2D eigenvalue weighted by Gasteiger charge is 2.31. The molecule has 2 bridgehead atoms. The topological polar surface area (TPSA) is 109 Å². The van der Waals surface area contributed by atoms with Gasteiger partial charge in [-0.2, -0.15) is 0 Å². The van der Waals surface area contributed by atoms with E-state index in [1.54, 1.807) is 6.07 Å². The van der Waals surface area contributed by atoms with Crippen LogP contribution in [-0.2, 0) is 12.8 Å². The predicted molar refractivity (Wildman–Crippen MR) is 118 cm³/mol. The van der Waals surface area contributed by atoms with Crippen molar-refractivity contribution in [1.82, 2.24) is 0 Å². The van der Waals surface area contributed by atoms with Crippen LogP contribution in [-0.4, -0.2) is 22.9 Å². The van der Waals surface area contributed by atoms with Gasteiger partial charge in [0.25, 0.3) is 11.8 Å². The third kappa shape index (κ3) is 3.25. The van der Waals surface area contributed by atoms with Crippen LogP contribution in [0.15, 0.2) is 40.8 Å². The molecule has 0 radical (unpaired) electrons. The van der Waals surface area contributed by atoms with Gasteiger partial charge in [-0.3, -0.25) is 9.59 Å². The molecule has 0 saturated heterocycles. The fourth-order valence-electron chi connectivity index (χ4n) is 4.02. The predicted octanol–water partition coefficient (Wildman–Crippen LogP) is 4.93. The van der Waals surface area contributed by atoms with Gasteiger partial charge in [0, 0.05) is 10.6 Å². The van der Waals surface area contributed by atoms with Crippen LogP contribution in [0.2, 0.25) is 0 Å². The first kappa shape index (κ1) is 19.3. The molecule has 1 aromatic carbocycles. The van der Waals surface area contributed by atoms with Gasteiger partial charge in [-0.15, -0.1) is 11.3 Å². The molecular formula is C23H18N2O5S. The summed E-state index contributed by atoms with van der Waals surface area (Å²) in [6.07, 6.45) is 2.58. The summed E-state index contributed by atoms with van der Waals surface area (Å²) < 4.78 is 5.38. The van der Waals surface area contributed by atoms with Gasteiger partial charge in [0.1, 0.15) is 27.3 Å². The lowest BCUT2D eigenvalue weighted by atomic mass is 10.1. The number of amides is 2. The Morgan fingerprint density at radius 2 is 1.58 bits per heavy atom. The van der Waals surface area contributed by atoms with Crippen LogP contribution in [0, 0.1) is 6.92 Å². The van der Waals surface area contributed by atoms with Crippen LogP contribution in [0.3, 0.4) is 0 Å². The molecule has 3 N–H and O–H groups in total. The highest BCUT2D eigenvalue weighted by atomic mass is 32.1. The molecule has 5 rings (SSSR count). The first-order valence-electron chi connectivity index (χ1n) is 9.84. The molecule has 0 saturated carbocycles. The number of hydrogen-bond donors (Lipinski definition) is 3. The summed E-state index contributed by atoms with van der Waals surface area (Å²) in [5.74, 6) is -2.13. The van der Waals surface area contributed by atoms with E-state index in [0.29, 0.717) is 16.3 Å². The number of benzene rings is 2. The minimum atomic E-state index is -1.23. The molecule has 0 spiro atoms. The number of rotatable bonds is 5. The van der Waals surface area contributed by atoms with Crippen molar-refractivity contribution in [2.75, 3.05) is 10.6 Å². The Morgan fingerprint density at radius 1 is 0.903 bits per heavy atom. The molecule has 156 valence electrons. The van der Waals surface area contributed by atoms with Crippen molar-refractivity contribution < 1.29 is 23.9 Å². The summed E-state index contributed by atoms with van der Waals surface area (Å²) in [4.78, 5) is 38.8. The average Bonchev–Trinajstić information content (AvgIpc) is 3.49. The molecule has 4 aromatic rings. The lowest BCUT2D eigenvalue weighted by Gasteiger charge is -2.10. The van der Waals surface area contributed by atoms with E-state index >= 15 is 0 Å². The summed E-state index contributed by atoms with van der Waals surface area (Å²) >= 11 is 1.37. The number of carbonyl (C=O) groups excluding carboxylic acids is 2. The average molecular weight is 434 g/mol. The Balaban J connectivity index is 1.48. The Bertz CT molecular complexity index is 1330. The van der Waals surface area contributed by atoms with Crippen LogP contribution in [0.1, 0.15) is 53.5 Å². The molecule has 31 heavy (non-hydrogen) atoms. The summed E-state index contributed by atoms with van der Waals surface area (Å²) in [5.41, 5.74) is 3.32. The number of furan rings is 2. The lowest BCUT2D eigenvalue weighted by molar-refractivity contribution is 0.0694. The van der Waals surface area contributed by atoms with Crippen LogP contribution < -0.4 is 10.6 Å². The summed E-state index contributed by atoms with van der Waals surface area (Å²) in [6, 6.07) is 10.6. The van der Waals surface area contributed by atoms with Crippen molar-refractivity contribution in [3.63, 3.8) is 0 Å². The van der Waals surface area contributed by atoms with E-state index in [4.69, 9.17) is 4.42 Å². The van der Waals surface area contributed by atoms with Gasteiger partial charge in [-0.05, 0) is 56.0 Å². The van der Waals surface area contributed by atoms with Crippen LogP contribution >= 0.6 is 11.3 Å².